The molecule has 0 radical (unpaired) electrons. The van der Waals surface area contributed by atoms with E-state index in [1.807, 2.05) is 6.92 Å². The molecule has 7 nitrogen and oxygen atoms in total. The van der Waals surface area contributed by atoms with E-state index in [0.29, 0.717) is 20.9 Å². The number of carbonyl (C=O) groups excluding carboxylic acids is 2. The van der Waals surface area contributed by atoms with Gasteiger partial charge in [-0.15, -0.1) is 0 Å². The smallest absolute Gasteiger partial charge is 0.265 e. The average molecular weight is 351 g/mol. The van der Waals surface area contributed by atoms with Gasteiger partial charge in [0.15, 0.2) is 10.3 Å². The molecule has 0 saturated carbocycles. The first-order valence-electron chi connectivity index (χ1n) is 6.78. The lowest BCUT2D eigenvalue weighted by Gasteiger charge is -2.07. The molecule has 0 aromatic carbocycles. The fourth-order valence-corrected chi connectivity index (χ4v) is 3.31. The molecule has 1 N–H and O–H groups in total. The van der Waals surface area contributed by atoms with Crippen molar-refractivity contribution in [3.05, 3.63) is 28.5 Å². The highest BCUT2D eigenvalue weighted by Gasteiger charge is 2.18. The van der Waals surface area contributed by atoms with E-state index in [1.54, 1.807) is 33.3 Å². The van der Waals surface area contributed by atoms with Crippen molar-refractivity contribution in [3.8, 4) is 0 Å². The lowest BCUT2D eigenvalue weighted by Crippen LogP contribution is -2.21. The monoisotopic (exact) mass is 351 g/mol. The molecule has 2 aromatic rings. The largest absolute Gasteiger partial charge is 0.344 e. The Labute approximate surface area is 142 Å². The normalized spacial score (nSPS) is 10.4. The van der Waals surface area contributed by atoms with Crippen LogP contribution < -0.4 is 5.32 Å². The number of aryl methyl sites for hydroxylation is 2. The van der Waals surface area contributed by atoms with Gasteiger partial charge in [-0.25, -0.2) is 15.0 Å². The molecule has 2 aromatic heterocycles. The van der Waals surface area contributed by atoms with Crippen LogP contribution in [0.1, 0.15) is 21.1 Å². The molecule has 0 bridgehead atoms. The van der Waals surface area contributed by atoms with E-state index in [-0.39, 0.29) is 17.6 Å². The first-order chi connectivity index (χ1) is 10.9. The summed E-state index contributed by atoms with van der Waals surface area (Å²) >= 11 is 2.43. The number of rotatable bonds is 5. The Hall–Kier alpha value is -2.00. The third-order valence-corrected chi connectivity index (χ3v) is 4.67. The van der Waals surface area contributed by atoms with Crippen molar-refractivity contribution in [1.29, 1.82) is 0 Å². The summed E-state index contributed by atoms with van der Waals surface area (Å²) < 4.78 is 0. The molecule has 0 aliphatic rings. The summed E-state index contributed by atoms with van der Waals surface area (Å²) in [7, 11) is 3.36. The summed E-state index contributed by atoms with van der Waals surface area (Å²) in [5, 5.41) is 3.68. The first-order valence-corrected chi connectivity index (χ1v) is 8.58. The number of anilines is 1. The Bertz CT molecular complexity index is 730. The molecule has 0 spiro atoms. The van der Waals surface area contributed by atoms with E-state index < -0.39 is 0 Å². The van der Waals surface area contributed by atoms with Crippen LogP contribution in [-0.2, 0) is 4.79 Å². The summed E-state index contributed by atoms with van der Waals surface area (Å²) in [5.74, 6) is -0.153. The van der Waals surface area contributed by atoms with Gasteiger partial charge in [-0.2, -0.15) is 0 Å². The number of nitrogens with one attached hydrogen (secondary N) is 1. The average Bonchev–Trinajstić information content (AvgIpc) is 2.84. The standard InChI is InChI=1S/C14H17N5O2S2/c1-8-5-6-15-13(16-8)22-7-10(20)18-14-17-9(2)11(23-14)12(21)19(3)4/h5-6H,7H2,1-4H3,(H,17,18,20). The lowest BCUT2D eigenvalue weighted by molar-refractivity contribution is -0.113. The van der Waals surface area contributed by atoms with Gasteiger partial charge in [0.25, 0.3) is 5.91 Å². The van der Waals surface area contributed by atoms with Gasteiger partial charge < -0.3 is 10.2 Å². The van der Waals surface area contributed by atoms with Crippen LogP contribution in [0.15, 0.2) is 17.4 Å². The molecule has 2 heterocycles. The summed E-state index contributed by atoms with van der Waals surface area (Å²) in [4.78, 5) is 38.5. The minimum absolute atomic E-state index is 0.122. The van der Waals surface area contributed by atoms with Crippen LogP contribution in [0.5, 0.6) is 0 Å². The second kappa shape index (κ2) is 7.51. The number of nitrogens with zero attached hydrogens (tertiary/aromatic N) is 4. The van der Waals surface area contributed by atoms with Crippen LogP contribution in [0.3, 0.4) is 0 Å². The van der Waals surface area contributed by atoms with Crippen molar-refractivity contribution >= 4 is 40.0 Å². The molecular weight excluding hydrogens is 334 g/mol. The molecule has 0 aliphatic heterocycles. The molecule has 122 valence electrons. The van der Waals surface area contributed by atoms with E-state index in [9.17, 15) is 9.59 Å². The fraction of sp³-hybridized carbons (Fsp3) is 0.357. The van der Waals surface area contributed by atoms with Gasteiger partial charge in [0.1, 0.15) is 4.88 Å². The lowest BCUT2D eigenvalue weighted by atomic mass is 10.3. The quantitative estimate of drug-likeness (QED) is 0.655. The zero-order valence-electron chi connectivity index (χ0n) is 13.3. The minimum Gasteiger partial charge on any atom is -0.344 e. The van der Waals surface area contributed by atoms with Crippen molar-refractivity contribution in [3.63, 3.8) is 0 Å². The summed E-state index contributed by atoms with van der Waals surface area (Å²) in [6.45, 7) is 3.62. The van der Waals surface area contributed by atoms with Crippen LogP contribution in [0.25, 0.3) is 0 Å². The molecule has 2 amide bonds. The van der Waals surface area contributed by atoms with E-state index in [2.05, 4.69) is 20.3 Å². The van der Waals surface area contributed by atoms with Crippen LogP contribution >= 0.6 is 23.1 Å². The van der Waals surface area contributed by atoms with Gasteiger partial charge in [0, 0.05) is 26.0 Å². The molecular formula is C14H17N5O2S2. The van der Waals surface area contributed by atoms with Gasteiger partial charge in [-0.05, 0) is 19.9 Å². The Morgan fingerprint density at radius 3 is 2.70 bits per heavy atom. The number of thioether (sulfide) groups is 1. The minimum atomic E-state index is -0.210. The second-order valence-corrected chi connectivity index (χ2v) is 6.89. The van der Waals surface area contributed by atoms with Crippen molar-refractivity contribution < 1.29 is 9.59 Å². The Balaban J connectivity index is 1.95. The topological polar surface area (TPSA) is 88.1 Å². The number of aromatic nitrogens is 3. The highest BCUT2D eigenvalue weighted by atomic mass is 32.2. The zero-order chi connectivity index (χ0) is 17.0. The summed E-state index contributed by atoms with van der Waals surface area (Å²) in [6, 6.07) is 1.80. The van der Waals surface area contributed by atoms with Crippen molar-refractivity contribution in [2.75, 3.05) is 25.2 Å². The maximum atomic E-state index is 12.0. The SMILES string of the molecule is Cc1ccnc(SCC(=O)Nc2nc(C)c(C(=O)N(C)C)s2)n1. The predicted octanol–water partition coefficient (Wildman–Crippen LogP) is 1.98. The number of amides is 2. The summed E-state index contributed by atoms with van der Waals surface area (Å²) in [6.07, 6.45) is 1.66. The van der Waals surface area contributed by atoms with Crippen LogP contribution in [0.4, 0.5) is 5.13 Å². The van der Waals surface area contributed by atoms with Gasteiger partial charge >= 0.3 is 0 Å². The molecule has 9 heteroatoms. The molecule has 23 heavy (non-hydrogen) atoms. The van der Waals surface area contributed by atoms with Crippen LogP contribution in [0.2, 0.25) is 0 Å². The fourth-order valence-electron chi connectivity index (χ4n) is 1.63. The number of carbonyl (C=O) groups is 2. The maximum Gasteiger partial charge on any atom is 0.265 e. The Morgan fingerprint density at radius 2 is 2.04 bits per heavy atom. The van der Waals surface area contributed by atoms with Crippen LogP contribution in [-0.4, -0.2) is 51.5 Å². The number of thiazole rings is 1. The molecule has 0 atom stereocenters. The third kappa shape index (κ3) is 4.73. The molecule has 0 saturated heterocycles. The van der Waals surface area contributed by atoms with E-state index in [4.69, 9.17) is 0 Å². The Morgan fingerprint density at radius 1 is 1.30 bits per heavy atom. The molecule has 0 unspecified atom stereocenters. The highest BCUT2D eigenvalue weighted by molar-refractivity contribution is 7.99. The van der Waals surface area contributed by atoms with Gasteiger partial charge in [-0.1, -0.05) is 23.1 Å². The molecule has 0 fully saturated rings. The zero-order valence-corrected chi connectivity index (χ0v) is 14.9. The molecule has 2 rings (SSSR count). The molecule has 0 aliphatic carbocycles. The van der Waals surface area contributed by atoms with Gasteiger partial charge in [0.2, 0.25) is 5.91 Å². The van der Waals surface area contributed by atoms with Gasteiger partial charge in [0.05, 0.1) is 11.4 Å². The first kappa shape index (κ1) is 17.4. The van der Waals surface area contributed by atoms with E-state index >= 15 is 0 Å². The predicted molar refractivity (Wildman–Crippen MR) is 91.0 cm³/mol. The van der Waals surface area contributed by atoms with Crippen molar-refractivity contribution in [2.45, 2.75) is 19.0 Å². The van der Waals surface area contributed by atoms with E-state index in [0.717, 1.165) is 5.69 Å². The highest BCUT2D eigenvalue weighted by Crippen LogP contribution is 2.24. The third-order valence-electron chi connectivity index (χ3n) is 2.75. The van der Waals surface area contributed by atoms with E-state index in [1.165, 1.54) is 28.0 Å². The van der Waals surface area contributed by atoms with Gasteiger partial charge in [-0.3, -0.25) is 9.59 Å². The maximum absolute atomic E-state index is 12.0. The summed E-state index contributed by atoms with van der Waals surface area (Å²) in [5.41, 5.74) is 1.46. The van der Waals surface area contributed by atoms with Crippen LogP contribution in [0, 0.1) is 13.8 Å². The second-order valence-electron chi connectivity index (χ2n) is 4.95. The Kier molecular flexibility index (Phi) is 5.67. The number of hydrogen-bond acceptors (Lipinski definition) is 7. The van der Waals surface area contributed by atoms with Crippen molar-refractivity contribution in [1.82, 2.24) is 19.9 Å². The number of hydrogen-bond donors (Lipinski definition) is 1. The van der Waals surface area contributed by atoms with Crippen molar-refractivity contribution in [2.24, 2.45) is 0 Å².